The van der Waals surface area contributed by atoms with Gasteiger partial charge in [0.1, 0.15) is 18.1 Å². The van der Waals surface area contributed by atoms with Gasteiger partial charge in [0.2, 0.25) is 0 Å². The van der Waals surface area contributed by atoms with Gasteiger partial charge < -0.3 is 14.8 Å². The molecule has 2 aromatic heterocycles. The number of rotatable bonds is 7. The first-order valence-electron chi connectivity index (χ1n) is 9.40. The second-order valence-electron chi connectivity index (χ2n) is 6.63. The standard InChI is InChI=1S/C22H18ClN3O4S/c1-14(30-17-5-3-2-4-6-17)21(28)25-18-11-15(23)7-8-19(18)29-13-16-12-20(27)26-9-10-31-22(26)24-16/h2-12,14H,13H2,1H3,(H,25,28)/t14-/m1/s1. The van der Waals surface area contributed by atoms with Crippen LogP contribution in [0.2, 0.25) is 5.02 Å². The van der Waals surface area contributed by atoms with E-state index in [9.17, 15) is 9.59 Å². The van der Waals surface area contributed by atoms with E-state index in [0.29, 0.717) is 32.9 Å². The molecule has 1 N–H and O–H groups in total. The summed E-state index contributed by atoms with van der Waals surface area (Å²) in [6.45, 7) is 1.71. The van der Waals surface area contributed by atoms with Crippen molar-refractivity contribution in [2.45, 2.75) is 19.6 Å². The number of carbonyl (C=O) groups is 1. The number of benzene rings is 2. The summed E-state index contributed by atoms with van der Waals surface area (Å²) in [7, 11) is 0. The number of amides is 1. The molecule has 0 fully saturated rings. The third kappa shape index (κ3) is 5.04. The van der Waals surface area contributed by atoms with Gasteiger partial charge in [0.15, 0.2) is 11.1 Å². The number of aromatic nitrogens is 2. The molecule has 2 heterocycles. The summed E-state index contributed by atoms with van der Waals surface area (Å²) in [4.78, 5) is 29.8. The van der Waals surface area contributed by atoms with Gasteiger partial charge in [0, 0.05) is 22.7 Å². The number of ether oxygens (including phenoxy) is 2. The summed E-state index contributed by atoms with van der Waals surface area (Å²) in [5.74, 6) is 0.638. The van der Waals surface area contributed by atoms with Crippen molar-refractivity contribution in [3.05, 3.63) is 87.2 Å². The van der Waals surface area contributed by atoms with Crippen molar-refractivity contribution < 1.29 is 14.3 Å². The van der Waals surface area contributed by atoms with E-state index in [4.69, 9.17) is 21.1 Å². The first-order valence-corrected chi connectivity index (χ1v) is 10.7. The summed E-state index contributed by atoms with van der Waals surface area (Å²) in [6, 6.07) is 15.4. The molecule has 0 spiro atoms. The van der Waals surface area contributed by atoms with Crippen molar-refractivity contribution in [1.29, 1.82) is 0 Å². The van der Waals surface area contributed by atoms with Crippen molar-refractivity contribution in [1.82, 2.24) is 9.38 Å². The summed E-state index contributed by atoms with van der Waals surface area (Å²) in [5, 5.41) is 5.02. The topological polar surface area (TPSA) is 81.9 Å². The van der Waals surface area contributed by atoms with Crippen LogP contribution in [0.5, 0.6) is 11.5 Å². The lowest BCUT2D eigenvalue weighted by molar-refractivity contribution is -0.122. The highest BCUT2D eigenvalue weighted by Crippen LogP contribution is 2.29. The molecule has 0 aliphatic rings. The monoisotopic (exact) mass is 455 g/mol. The van der Waals surface area contributed by atoms with Crippen molar-refractivity contribution in [3.63, 3.8) is 0 Å². The molecule has 4 rings (SSSR count). The normalized spacial score (nSPS) is 11.8. The van der Waals surface area contributed by atoms with E-state index in [1.807, 2.05) is 18.2 Å². The predicted molar refractivity (Wildman–Crippen MR) is 120 cm³/mol. The average molecular weight is 456 g/mol. The lowest BCUT2D eigenvalue weighted by Gasteiger charge is -2.17. The summed E-state index contributed by atoms with van der Waals surface area (Å²) < 4.78 is 13.0. The smallest absolute Gasteiger partial charge is 0.265 e. The van der Waals surface area contributed by atoms with E-state index in [-0.39, 0.29) is 18.1 Å². The Hall–Kier alpha value is -3.36. The Kier molecular flexibility index (Phi) is 6.20. The number of carbonyl (C=O) groups excluding carboxylic acids is 1. The molecule has 0 saturated heterocycles. The minimum absolute atomic E-state index is 0.0597. The predicted octanol–water partition coefficient (Wildman–Crippen LogP) is 4.39. The van der Waals surface area contributed by atoms with Gasteiger partial charge in [-0.25, -0.2) is 4.98 Å². The van der Waals surface area contributed by atoms with Gasteiger partial charge in [-0.15, -0.1) is 11.3 Å². The van der Waals surface area contributed by atoms with Crippen LogP contribution in [0.15, 0.2) is 71.0 Å². The molecule has 2 aromatic carbocycles. The summed E-state index contributed by atoms with van der Waals surface area (Å²) in [6.07, 6.45) is 0.933. The fraction of sp³-hybridized carbons (Fsp3) is 0.136. The zero-order chi connectivity index (χ0) is 21.8. The van der Waals surface area contributed by atoms with Gasteiger partial charge in [-0.05, 0) is 37.3 Å². The lowest BCUT2D eigenvalue weighted by Crippen LogP contribution is -2.30. The van der Waals surface area contributed by atoms with Gasteiger partial charge >= 0.3 is 0 Å². The van der Waals surface area contributed by atoms with E-state index in [1.54, 1.807) is 48.8 Å². The number of thiazole rings is 1. The Morgan fingerprint density at radius 2 is 2.03 bits per heavy atom. The van der Waals surface area contributed by atoms with Gasteiger partial charge in [-0.1, -0.05) is 29.8 Å². The maximum absolute atomic E-state index is 12.6. The molecule has 0 aliphatic carbocycles. The molecule has 1 atom stereocenters. The molecule has 0 unspecified atom stereocenters. The van der Waals surface area contributed by atoms with Crippen LogP contribution in [0.25, 0.3) is 4.96 Å². The molecule has 31 heavy (non-hydrogen) atoms. The maximum Gasteiger partial charge on any atom is 0.265 e. The molecular formula is C22H18ClN3O4S. The Labute approximate surface area is 186 Å². The Balaban J connectivity index is 1.47. The molecule has 9 heteroatoms. The molecular weight excluding hydrogens is 438 g/mol. The van der Waals surface area contributed by atoms with Crippen LogP contribution >= 0.6 is 22.9 Å². The maximum atomic E-state index is 12.6. The number of anilines is 1. The fourth-order valence-corrected chi connectivity index (χ4v) is 3.74. The number of hydrogen-bond acceptors (Lipinski definition) is 6. The minimum Gasteiger partial charge on any atom is -0.485 e. The minimum atomic E-state index is -0.739. The largest absolute Gasteiger partial charge is 0.485 e. The lowest BCUT2D eigenvalue weighted by atomic mass is 10.2. The highest BCUT2D eigenvalue weighted by atomic mass is 35.5. The second kappa shape index (κ2) is 9.20. The van der Waals surface area contributed by atoms with Crippen molar-refractivity contribution in [2.75, 3.05) is 5.32 Å². The number of hydrogen-bond donors (Lipinski definition) is 1. The molecule has 0 radical (unpaired) electrons. The first kappa shape index (κ1) is 20.9. The SMILES string of the molecule is C[C@@H](Oc1ccccc1)C(=O)Nc1cc(Cl)ccc1OCc1cc(=O)n2ccsc2n1. The van der Waals surface area contributed by atoms with Crippen LogP contribution in [-0.2, 0) is 11.4 Å². The number of nitrogens with zero attached hydrogens (tertiary/aromatic N) is 2. The van der Waals surface area contributed by atoms with E-state index in [0.717, 1.165) is 0 Å². The second-order valence-corrected chi connectivity index (χ2v) is 7.94. The molecule has 1 amide bonds. The highest BCUT2D eigenvalue weighted by molar-refractivity contribution is 7.15. The average Bonchev–Trinajstić information content (AvgIpc) is 3.23. The van der Waals surface area contributed by atoms with Gasteiger partial charge in [0.25, 0.3) is 11.5 Å². The van der Waals surface area contributed by atoms with E-state index < -0.39 is 6.10 Å². The zero-order valence-electron chi connectivity index (χ0n) is 16.4. The van der Waals surface area contributed by atoms with Gasteiger partial charge in [0.05, 0.1) is 11.4 Å². The van der Waals surface area contributed by atoms with E-state index in [1.165, 1.54) is 21.8 Å². The number of nitrogens with one attached hydrogen (secondary N) is 1. The van der Waals surface area contributed by atoms with Crippen molar-refractivity contribution in [3.8, 4) is 11.5 Å². The number of para-hydroxylation sites is 1. The molecule has 7 nitrogen and oxygen atoms in total. The third-order valence-corrected chi connectivity index (χ3v) is 5.35. The van der Waals surface area contributed by atoms with Crippen molar-refractivity contribution in [2.24, 2.45) is 0 Å². The Bertz CT molecular complexity index is 1270. The molecule has 4 aromatic rings. The van der Waals surface area contributed by atoms with Crippen LogP contribution in [0, 0.1) is 0 Å². The van der Waals surface area contributed by atoms with Gasteiger partial charge in [-0.3, -0.25) is 14.0 Å². The molecule has 158 valence electrons. The van der Waals surface area contributed by atoms with Gasteiger partial charge in [-0.2, -0.15) is 0 Å². The third-order valence-electron chi connectivity index (χ3n) is 4.36. The molecule has 0 aliphatic heterocycles. The number of halogens is 1. The summed E-state index contributed by atoms with van der Waals surface area (Å²) >= 11 is 7.47. The zero-order valence-corrected chi connectivity index (χ0v) is 18.0. The fourth-order valence-electron chi connectivity index (χ4n) is 2.83. The highest BCUT2D eigenvalue weighted by Gasteiger charge is 2.17. The van der Waals surface area contributed by atoms with Crippen LogP contribution in [0.1, 0.15) is 12.6 Å². The molecule has 0 saturated carbocycles. The van der Waals surface area contributed by atoms with Crippen LogP contribution in [-0.4, -0.2) is 21.4 Å². The summed E-state index contributed by atoms with van der Waals surface area (Å²) in [5.41, 5.74) is 0.705. The Morgan fingerprint density at radius 3 is 2.84 bits per heavy atom. The Morgan fingerprint density at radius 1 is 1.23 bits per heavy atom. The quantitative estimate of drug-likeness (QED) is 0.447. The first-order chi connectivity index (χ1) is 15.0. The van der Waals surface area contributed by atoms with Crippen LogP contribution in [0.3, 0.4) is 0 Å². The molecule has 0 bridgehead atoms. The number of fused-ring (bicyclic) bond motifs is 1. The van der Waals surface area contributed by atoms with Crippen molar-refractivity contribution >= 4 is 39.5 Å². The van der Waals surface area contributed by atoms with E-state index >= 15 is 0 Å². The van der Waals surface area contributed by atoms with E-state index in [2.05, 4.69) is 10.3 Å². The van der Waals surface area contributed by atoms with Crippen LogP contribution < -0.4 is 20.3 Å². The van der Waals surface area contributed by atoms with Crippen LogP contribution in [0.4, 0.5) is 5.69 Å².